The molecule has 0 spiro atoms. The minimum atomic E-state index is -0.775. The van der Waals surface area contributed by atoms with Crippen LogP contribution in [0.2, 0.25) is 0 Å². The quantitative estimate of drug-likeness (QED) is 0.637. The molecule has 0 unspecified atom stereocenters. The van der Waals surface area contributed by atoms with Gasteiger partial charge in [-0.25, -0.2) is 9.78 Å². The van der Waals surface area contributed by atoms with Gasteiger partial charge in [0.25, 0.3) is 0 Å². The Morgan fingerprint density at radius 1 is 1.04 bits per heavy atom. The summed E-state index contributed by atoms with van der Waals surface area (Å²) in [5, 5.41) is 2.53. The number of pyridine rings is 1. The van der Waals surface area contributed by atoms with Crippen molar-refractivity contribution in [1.82, 2.24) is 9.88 Å². The summed E-state index contributed by atoms with van der Waals surface area (Å²) >= 11 is 0. The Morgan fingerprint density at radius 3 is 2.43 bits per heavy atom. The molecule has 1 aromatic heterocycles. The molecule has 1 fully saturated rings. The molecule has 1 aromatic carbocycles. The summed E-state index contributed by atoms with van der Waals surface area (Å²) in [7, 11) is 0. The zero-order chi connectivity index (χ0) is 19.9. The molecule has 28 heavy (non-hydrogen) atoms. The van der Waals surface area contributed by atoms with Crippen molar-refractivity contribution in [2.24, 2.45) is 0 Å². The third kappa shape index (κ3) is 4.46. The van der Waals surface area contributed by atoms with Gasteiger partial charge in [0.1, 0.15) is 5.82 Å². The number of nitrogens with one attached hydrogen (secondary N) is 1. The lowest BCUT2D eigenvalue weighted by Crippen LogP contribution is -2.51. The van der Waals surface area contributed by atoms with Gasteiger partial charge in [-0.05, 0) is 31.2 Å². The van der Waals surface area contributed by atoms with Crippen LogP contribution in [0.5, 0.6) is 0 Å². The Bertz CT molecular complexity index is 848. The van der Waals surface area contributed by atoms with Crippen molar-refractivity contribution in [2.75, 3.05) is 43.0 Å². The molecule has 0 radical (unpaired) electrons. The van der Waals surface area contributed by atoms with Crippen LogP contribution >= 0.6 is 0 Å². The predicted octanol–water partition coefficient (Wildman–Crippen LogP) is 1.55. The minimum Gasteiger partial charge on any atom is -0.462 e. The number of nitrogens with zero attached hydrogens (tertiary/aromatic N) is 3. The van der Waals surface area contributed by atoms with Gasteiger partial charge in [-0.2, -0.15) is 0 Å². The van der Waals surface area contributed by atoms with Crippen LogP contribution in [0.1, 0.15) is 17.3 Å². The first-order valence-electron chi connectivity index (χ1n) is 9.12. The molecule has 1 N–H and O–H groups in total. The molecule has 0 bridgehead atoms. The zero-order valence-electron chi connectivity index (χ0n) is 15.6. The Balaban J connectivity index is 1.60. The largest absolute Gasteiger partial charge is 0.462 e. The van der Waals surface area contributed by atoms with Crippen LogP contribution in [-0.4, -0.2) is 60.5 Å². The molecule has 8 heteroatoms. The van der Waals surface area contributed by atoms with E-state index in [0.29, 0.717) is 26.2 Å². The molecule has 0 atom stereocenters. The van der Waals surface area contributed by atoms with E-state index in [9.17, 15) is 14.4 Å². The van der Waals surface area contributed by atoms with Gasteiger partial charge in [-0.1, -0.05) is 18.2 Å². The summed E-state index contributed by atoms with van der Waals surface area (Å²) in [4.78, 5) is 44.8. The van der Waals surface area contributed by atoms with Gasteiger partial charge in [-0.15, -0.1) is 0 Å². The third-order valence-electron chi connectivity index (χ3n) is 4.41. The summed E-state index contributed by atoms with van der Waals surface area (Å²) in [6.45, 7) is 3.95. The highest BCUT2D eigenvalue weighted by atomic mass is 16.5. The molecule has 2 amide bonds. The summed E-state index contributed by atoms with van der Waals surface area (Å²) in [5.41, 5.74) is 0.469. The molecule has 0 saturated carbocycles. The minimum absolute atomic E-state index is 0.213. The van der Waals surface area contributed by atoms with Crippen molar-refractivity contribution in [3.63, 3.8) is 0 Å². The Kier molecular flexibility index (Phi) is 6.21. The van der Waals surface area contributed by atoms with Crippen molar-refractivity contribution < 1.29 is 19.1 Å². The number of piperazine rings is 1. The maximum Gasteiger partial charge on any atom is 0.340 e. The van der Waals surface area contributed by atoms with Crippen LogP contribution in [0.15, 0.2) is 48.7 Å². The first-order valence-corrected chi connectivity index (χ1v) is 9.12. The van der Waals surface area contributed by atoms with Gasteiger partial charge in [0, 0.05) is 32.4 Å². The van der Waals surface area contributed by atoms with E-state index in [1.54, 1.807) is 37.4 Å². The van der Waals surface area contributed by atoms with Gasteiger partial charge in [0.05, 0.1) is 17.9 Å². The molecular weight excluding hydrogens is 360 g/mol. The van der Waals surface area contributed by atoms with Crippen molar-refractivity contribution in [3.05, 3.63) is 54.2 Å². The van der Waals surface area contributed by atoms with Crippen molar-refractivity contribution in [3.8, 4) is 0 Å². The van der Waals surface area contributed by atoms with Gasteiger partial charge in [0.15, 0.2) is 0 Å². The number of amides is 2. The number of ether oxygens (including phenoxy) is 1. The van der Waals surface area contributed by atoms with E-state index in [-0.39, 0.29) is 17.9 Å². The van der Waals surface area contributed by atoms with E-state index in [0.717, 1.165) is 5.82 Å². The molecule has 1 aliphatic heterocycles. The average Bonchev–Trinajstić information content (AvgIpc) is 2.74. The number of hydrogen-bond acceptors (Lipinski definition) is 6. The van der Waals surface area contributed by atoms with Crippen LogP contribution < -0.4 is 10.2 Å². The summed E-state index contributed by atoms with van der Waals surface area (Å²) in [6.07, 6.45) is 1.72. The number of para-hydroxylation sites is 1. The Labute approximate surface area is 163 Å². The number of carbonyl (C=O) groups excluding carboxylic acids is 3. The molecule has 2 heterocycles. The van der Waals surface area contributed by atoms with Crippen LogP contribution in [0, 0.1) is 0 Å². The second kappa shape index (κ2) is 8.98. The van der Waals surface area contributed by atoms with E-state index in [1.807, 2.05) is 18.2 Å². The number of aromatic nitrogens is 1. The Morgan fingerprint density at radius 2 is 1.75 bits per heavy atom. The standard InChI is InChI=1S/C20H22N4O4/c1-2-28-20(27)15-7-3-4-8-16(15)22-18(25)19(26)24-13-11-23(12-14-24)17-9-5-6-10-21-17/h3-10H,2,11-14H2,1H3,(H,22,25). The molecule has 1 aliphatic rings. The summed E-state index contributed by atoms with van der Waals surface area (Å²) in [5.74, 6) is -1.10. The molecule has 146 valence electrons. The molecule has 0 aliphatic carbocycles. The zero-order valence-corrected chi connectivity index (χ0v) is 15.6. The first kappa shape index (κ1) is 19.3. The van der Waals surface area contributed by atoms with Crippen LogP contribution in [0.3, 0.4) is 0 Å². The molecule has 3 rings (SSSR count). The predicted molar refractivity (Wildman–Crippen MR) is 104 cm³/mol. The lowest BCUT2D eigenvalue weighted by molar-refractivity contribution is -0.143. The second-order valence-electron chi connectivity index (χ2n) is 6.19. The molecule has 8 nitrogen and oxygen atoms in total. The number of benzene rings is 1. The fourth-order valence-corrected chi connectivity index (χ4v) is 2.98. The number of rotatable bonds is 4. The average molecular weight is 382 g/mol. The number of carbonyl (C=O) groups is 3. The van der Waals surface area contributed by atoms with E-state index in [2.05, 4.69) is 15.2 Å². The number of esters is 1. The van der Waals surface area contributed by atoms with Crippen molar-refractivity contribution >= 4 is 29.3 Å². The lowest BCUT2D eigenvalue weighted by Gasteiger charge is -2.35. The van der Waals surface area contributed by atoms with Crippen LogP contribution in [-0.2, 0) is 14.3 Å². The van der Waals surface area contributed by atoms with Crippen molar-refractivity contribution in [2.45, 2.75) is 6.92 Å². The number of anilines is 2. The normalized spacial score (nSPS) is 13.8. The van der Waals surface area contributed by atoms with E-state index < -0.39 is 17.8 Å². The smallest absolute Gasteiger partial charge is 0.340 e. The lowest BCUT2D eigenvalue weighted by atomic mass is 10.1. The topological polar surface area (TPSA) is 91.8 Å². The highest BCUT2D eigenvalue weighted by Gasteiger charge is 2.27. The fraction of sp³-hybridized carbons (Fsp3) is 0.300. The van der Waals surface area contributed by atoms with Crippen LogP contribution in [0.25, 0.3) is 0 Å². The van der Waals surface area contributed by atoms with Crippen molar-refractivity contribution in [1.29, 1.82) is 0 Å². The maximum atomic E-state index is 12.5. The highest BCUT2D eigenvalue weighted by Crippen LogP contribution is 2.17. The summed E-state index contributed by atoms with van der Waals surface area (Å²) < 4.78 is 4.98. The Hall–Kier alpha value is -3.42. The van der Waals surface area contributed by atoms with Gasteiger partial charge in [0.2, 0.25) is 0 Å². The third-order valence-corrected chi connectivity index (χ3v) is 4.41. The van der Waals surface area contributed by atoms with E-state index in [4.69, 9.17) is 4.74 Å². The van der Waals surface area contributed by atoms with Crippen LogP contribution in [0.4, 0.5) is 11.5 Å². The van der Waals surface area contributed by atoms with Gasteiger partial charge >= 0.3 is 17.8 Å². The molecular formula is C20H22N4O4. The van der Waals surface area contributed by atoms with Gasteiger partial charge in [-0.3, -0.25) is 9.59 Å². The van der Waals surface area contributed by atoms with E-state index >= 15 is 0 Å². The molecule has 1 saturated heterocycles. The SMILES string of the molecule is CCOC(=O)c1ccccc1NC(=O)C(=O)N1CCN(c2ccccn2)CC1. The highest BCUT2D eigenvalue weighted by molar-refractivity contribution is 6.39. The second-order valence-corrected chi connectivity index (χ2v) is 6.19. The van der Waals surface area contributed by atoms with Gasteiger partial charge < -0.3 is 19.9 Å². The number of hydrogen-bond donors (Lipinski definition) is 1. The first-order chi connectivity index (χ1) is 13.6. The molecule has 2 aromatic rings. The maximum absolute atomic E-state index is 12.5. The monoisotopic (exact) mass is 382 g/mol. The van der Waals surface area contributed by atoms with E-state index in [1.165, 1.54) is 4.90 Å². The summed E-state index contributed by atoms with van der Waals surface area (Å²) in [6, 6.07) is 12.1. The fourth-order valence-electron chi connectivity index (χ4n) is 2.98.